The first-order valence-electron chi connectivity index (χ1n) is 4.17. The molecule has 0 N–H and O–H groups in total. The minimum Gasteiger partial charge on any atom is -0.197 e. The maximum atomic E-state index is 8.86. The van der Waals surface area contributed by atoms with Crippen LogP contribution in [-0.2, 0) is 0 Å². The number of rotatable bonds is 0. The van der Waals surface area contributed by atoms with Gasteiger partial charge in [-0.2, -0.15) is 5.26 Å². The minimum absolute atomic E-state index is 0.209. The van der Waals surface area contributed by atoms with Crippen LogP contribution in [0, 0.1) is 23.2 Å². The van der Waals surface area contributed by atoms with Crippen LogP contribution in [0.4, 0.5) is 0 Å². The van der Waals surface area contributed by atoms with Gasteiger partial charge in [-0.05, 0) is 31.1 Å². The fourth-order valence-electron chi connectivity index (χ4n) is 1.66. The van der Waals surface area contributed by atoms with Gasteiger partial charge in [-0.1, -0.05) is 29.8 Å². The molecule has 0 saturated heterocycles. The summed E-state index contributed by atoms with van der Waals surface area (Å²) in [6, 6.07) is 2.35. The van der Waals surface area contributed by atoms with Crippen LogP contribution in [0.2, 0.25) is 0 Å². The third-order valence-electron chi connectivity index (χ3n) is 2.81. The molecule has 1 nitrogen and oxygen atoms in total. The zero-order chi connectivity index (χ0) is 8.48. The Kier molecular flexibility index (Phi) is 2.59. The zero-order valence-corrected chi connectivity index (χ0v) is 8.69. The third kappa shape index (κ3) is 1.96. The van der Waals surface area contributed by atoms with E-state index in [9.17, 15) is 0 Å². The average Bonchev–Trinajstić information content (AvgIpc) is 1.98. The molecular weight excluding hydrogens is 202 g/mol. The van der Waals surface area contributed by atoms with Crippen molar-refractivity contribution in [3.8, 4) is 6.07 Å². The predicted molar refractivity (Wildman–Crippen MR) is 49.5 cm³/mol. The van der Waals surface area contributed by atoms with Gasteiger partial charge in [-0.15, -0.1) is 0 Å². The first-order chi connectivity index (χ1) is 5.07. The number of hydrogen-bond donors (Lipinski definition) is 0. The molecule has 0 radical (unpaired) electrons. The molecular formula is C9H14BrN. The molecule has 0 amide bonds. The Morgan fingerprint density at radius 2 is 2.09 bits per heavy atom. The van der Waals surface area contributed by atoms with Gasteiger partial charge in [-0.25, -0.2) is 0 Å². The van der Waals surface area contributed by atoms with Gasteiger partial charge in [-0.3, -0.25) is 0 Å². The quantitative estimate of drug-likeness (QED) is 0.571. The van der Waals surface area contributed by atoms with Crippen molar-refractivity contribution in [1.29, 1.82) is 5.26 Å². The Morgan fingerprint density at radius 1 is 1.45 bits per heavy atom. The van der Waals surface area contributed by atoms with Crippen LogP contribution >= 0.6 is 15.9 Å². The van der Waals surface area contributed by atoms with E-state index in [1.165, 1.54) is 6.42 Å². The van der Waals surface area contributed by atoms with E-state index in [1.807, 2.05) is 0 Å². The number of alkyl halides is 1. The molecule has 3 atom stereocenters. The van der Waals surface area contributed by atoms with Crippen molar-refractivity contribution in [3.63, 3.8) is 0 Å². The van der Waals surface area contributed by atoms with Crippen molar-refractivity contribution in [2.45, 2.75) is 37.4 Å². The highest BCUT2D eigenvalue weighted by Crippen LogP contribution is 2.40. The van der Waals surface area contributed by atoms with Gasteiger partial charge in [0.1, 0.15) is 4.32 Å². The number of nitriles is 1. The van der Waals surface area contributed by atoms with Crippen molar-refractivity contribution >= 4 is 15.9 Å². The van der Waals surface area contributed by atoms with E-state index in [0.29, 0.717) is 5.92 Å². The minimum atomic E-state index is -0.209. The van der Waals surface area contributed by atoms with E-state index in [-0.39, 0.29) is 4.32 Å². The van der Waals surface area contributed by atoms with E-state index in [2.05, 4.69) is 35.8 Å². The topological polar surface area (TPSA) is 23.8 Å². The molecule has 0 heterocycles. The molecule has 0 aromatic carbocycles. The van der Waals surface area contributed by atoms with Gasteiger partial charge in [0.25, 0.3) is 0 Å². The smallest absolute Gasteiger partial charge is 0.112 e. The molecule has 1 fully saturated rings. The highest BCUT2D eigenvalue weighted by Gasteiger charge is 2.35. The largest absolute Gasteiger partial charge is 0.197 e. The van der Waals surface area contributed by atoms with Gasteiger partial charge in [0.05, 0.1) is 6.07 Å². The maximum absolute atomic E-state index is 8.86. The Morgan fingerprint density at radius 3 is 2.55 bits per heavy atom. The molecule has 1 saturated carbocycles. The van der Waals surface area contributed by atoms with E-state index >= 15 is 0 Å². The fraction of sp³-hybridized carbons (Fsp3) is 0.889. The third-order valence-corrected chi connectivity index (χ3v) is 3.71. The summed E-state index contributed by atoms with van der Waals surface area (Å²) in [5.41, 5.74) is 0. The van der Waals surface area contributed by atoms with Crippen molar-refractivity contribution in [3.05, 3.63) is 0 Å². The normalized spacial score (nSPS) is 44.9. The summed E-state index contributed by atoms with van der Waals surface area (Å²) in [6.07, 6.45) is 3.19. The van der Waals surface area contributed by atoms with Crippen molar-refractivity contribution < 1.29 is 0 Å². The summed E-state index contributed by atoms with van der Waals surface area (Å²) in [7, 11) is 0. The second-order valence-electron chi connectivity index (χ2n) is 3.77. The summed E-state index contributed by atoms with van der Waals surface area (Å²) < 4.78 is -0.209. The zero-order valence-electron chi connectivity index (χ0n) is 7.10. The molecule has 3 unspecified atom stereocenters. The van der Waals surface area contributed by atoms with Crippen LogP contribution in [0.1, 0.15) is 33.1 Å². The molecule has 0 spiro atoms. The van der Waals surface area contributed by atoms with Gasteiger partial charge >= 0.3 is 0 Å². The Balaban J connectivity index is 2.61. The lowest BCUT2D eigenvalue weighted by molar-refractivity contribution is 0.261. The summed E-state index contributed by atoms with van der Waals surface area (Å²) in [5, 5.41) is 8.86. The SMILES string of the molecule is CC1CCC(Br)(C#N)CC1C. The molecule has 2 heteroatoms. The molecule has 0 aromatic heterocycles. The molecule has 1 rings (SSSR count). The lowest BCUT2D eigenvalue weighted by Gasteiger charge is -2.33. The van der Waals surface area contributed by atoms with Crippen LogP contribution in [0.15, 0.2) is 0 Å². The van der Waals surface area contributed by atoms with Crippen molar-refractivity contribution in [2.75, 3.05) is 0 Å². The lowest BCUT2D eigenvalue weighted by atomic mass is 9.76. The van der Waals surface area contributed by atoms with E-state index in [4.69, 9.17) is 5.26 Å². The van der Waals surface area contributed by atoms with Gasteiger partial charge in [0.2, 0.25) is 0 Å². The molecule has 11 heavy (non-hydrogen) atoms. The standard InChI is InChI=1S/C9H14BrN/c1-7-3-4-9(10,6-11)5-8(7)2/h7-8H,3-5H2,1-2H3. The van der Waals surface area contributed by atoms with Crippen LogP contribution in [0.3, 0.4) is 0 Å². The fourth-order valence-corrected chi connectivity index (χ4v) is 2.40. The van der Waals surface area contributed by atoms with Crippen LogP contribution in [0.25, 0.3) is 0 Å². The van der Waals surface area contributed by atoms with E-state index in [1.54, 1.807) is 0 Å². The molecule has 0 aliphatic heterocycles. The number of hydrogen-bond acceptors (Lipinski definition) is 1. The van der Waals surface area contributed by atoms with Crippen LogP contribution in [-0.4, -0.2) is 4.32 Å². The predicted octanol–water partition coefficient (Wildman–Crippen LogP) is 3.10. The monoisotopic (exact) mass is 215 g/mol. The molecule has 0 aromatic rings. The highest BCUT2D eigenvalue weighted by atomic mass is 79.9. The molecule has 1 aliphatic rings. The van der Waals surface area contributed by atoms with Crippen LogP contribution in [0.5, 0.6) is 0 Å². The average molecular weight is 216 g/mol. The molecule has 62 valence electrons. The summed E-state index contributed by atoms with van der Waals surface area (Å²) in [4.78, 5) is 0. The summed E-state index contributed by atoms with van der Waals surface area (Å²) in [6.45, 7) is 4.51. The molecule has 1 aliphatic carbocycles. The van der Waals surface area contributed by atoms with Gasteiger partial charge < -0.3 is 0 Å². The second-order valence-corrected chi connectivity index (χ2v) is 5.29. The summed E-state index contributed by atoms with van der Waals surface area (Å²) >= 11 is 3.50. The Labute approximate surface area is 76.9 Å². The second kappa shape index (κ2) is 3.15. The van der Waals surface area contributed by atoms with Gasteiger partial charge in [0, 0.05) is 0 Å². The summed E-state index contributed by atoms with van der Waals surface area (Å²) in [5.74, 6) is 1.47. The van der Waals surface area contributed by atoms with Crippen LogP contribution < -0.4 is 0 Å². The highest BCUT2D eigenvalue weighted by molar-refractivity contribution is 9.10. The Bertz CT molecular complexity index is 184. The first kappa shape index (κ1) is 9.06. The maximum Gasteiger partial charge on any atom is 0.112 e. The number of halogens is 1. The Hall–Kier alpha value is -0.0300. The lowest BCUT2D eigenvalue weighted by Crippen LogP contribution is -2.30. The number of nitrogens with zero attached hydrogens (tertiary/aromatic N) is 1. The van der Waals surface area contributed by atoms with E-state index in [0.717, 1.165) is 18.8 Å². The first-order valence-corrected chi connectivity index (χ1v) is 4.97. The van der Waals surface area contributed by atoms with Crippen molar-refractivity contribution in [2.24, 2.45) is 11.8 Å². The van der Waals surface area contributed by atoms with Crippen molar-refractivity contribution in [1.82, 2.24) is 0 Å². The van der Waals surface area contributed by atoms with E-state index < -0.39 is 0 Å². The van der Waals surface area contributed by atoms with Gasteiger partial charge in [0.15, 0.2) is 0 Å². The molecule has 0 bridgehead atoms.